The Bertz CT molecular complexity index is 411. The van der Waals surface area contributed by atoms with Crippen molar-refractivity contribution in [3.8, 4) is 0 Å². The van der Waals surface area contributed by atoms with Gasteiger partial charge >= 0.3 is 5.97 Å². The van der Waals surface area contributed by atoms with Crippen molar-refractivity contribution in [2.75, 3.05) is 0 Å². The van der Waals surface area contributed by atoms with Crippen LogP contribution in [0.1, 0.15) is 31.9 Å². The number of carboxylic acids is 1. The molecule has 0 saturated carbocycles. The van der Waals surface area contributed by atoms with E-state index in [9.17, 15) is 4.79 Å². The van der Waals surface area contributed by atoms with E-state index in [2.05, 4.69) is 20.8 Å². The van der Waals surface area contributed by atoms with Gasteiger partial charge in [0.2, 0.25) is 0 Å². The Morgan fingerprint density at radius 3 is 2.12 bits per heavy atom. The Balaban J connectivity index is 3.00. The first kappa shape index (κ1) is 13.2. The van der Waals surface area contributed by atoms with Crippen molar-refractivity contribution in [3.63, 3.8) is 0 Å². The summed E-state index contributed by atoms with van der Waals surface area (Å²) in [7, 11) is 0. The molecule has 0 fully saturated rings. The average molecular weight is 330 g/mol. The van der Waals surface area contributed by atoms with E-state index < -0.39 is 5.97 Å². The van der Waals surface area contributed by atoms with Crippen LogP contribution in [0.4, 0.5) is 0 Å². The second-order valence-electron chi connectivity index (χ2n) is 4.66. The van der Waals surface area contributed by atoms with Gasteiger partial charge in [0.1, 0.15) is 0 Å². The Hall–Kier alpha value is -0.840. The second kappa shape index (κ2) is 4.99. The molecule has 0 atom stereocenters. The summed E-state index contributed by atoms with van der Waals surface area (Å²) in [5, 5.41) is 8.65. The summed E-state index contributed by atoms with van der Waals surface area (Å²) in [6, 6.07) is 8.01. The molecule has 0 amide bonds. The summed E-state index contributed by atoms with van der Waals surface area (Å²) in [4.78, 5) is 10.5. The molecule has 3 heteroatoms. The van der Waals surface area contributed by atoms with Gasteiger partial charge in [0, 0.05) is 9.66 Å². The molecule has 1 N–H and O–H groups in total. The molecule has 0 heterocycles. The maximum Gasteiger partial charge on any atom is 0.329 e. The lowest BCUT2D eigenvalue weighted by atomic mass is 9.87. The Kier molecular flexibility index (Phi) is 4.13. The quantitative estimate of drug-likeness (QED) is 0.661. The van der Waals surface area contributed by atoms with E-state index in [0.717, 1.165) is 9.14 Å². The van der Waals surface area contributed by atoms with Crippen molar-refractivity contribution in [2.24, 2.45) is 0 Å². The first-order valence-electron chi connectivity index (χ1n) is 5.02. The molecule has 0 bridgehead atoms. The molecule has 86 valence electrons. The van der Waals surface area contributed by atoms with Gasteiger partial charge in [0.25, 0.3) is 0 Å². The highest BCUT2D eigenvalue weighted by Gasteiger charge is 2.13. The van der Waals surface area contributed by atoms with Crippen molar-refractivity contribution >= 4 is 32.1 Å². The van der Waals surface area contributed by atoms with Crippen molar-refractivity contribution in [3.05, 3.63) is 41.5 Å². The van der Waals surface area contributed by atoms with Gasteiger partial charge in [-0.25, -0.2) is 4.79 Å². The standard InChI is InChI=1S/C13H15IO2/c1-13(2,3)10-6-4-9(5-7-10)11(14)8-12(15)16/h4-8H,1-3H3,(H,15,16). The summed E-state index contributed by atoms with van der Waals surface area (Å²) in [6.45, 7) is 6.46. The highest BCUT2D eigenvalue weighted by Crippen LogP contribution is 2.26. The number of hydrogen-bond acceptors (Lipinski definition) is 1. The number of carbonyl (C=O) groups is 1. The third kappa shape index (κ3) is 3.63. The Morgan fingerprint density at radius 2 is 1.75 bits per heavy atom. The highest BCUT2D eigenvalue weighted by molar-refractivity contribution is 14.1. The maximum absolute atomic E-state index is 10.5. The fourth-order valence-corrected chi connectivity index (χ4v) is 1.95. The zero-order chi connectivity index (χ0) is 12.3. The van der Waals surface area contributed by atoms with Crippen molar-refractivity contribution in [1.82, 2.24) is 0 Å². The number of carboxylic acid groups (broad SMARTS) is 1. The minimum Gasteiger partial charge on any atom is -0.478 e. The van der Waals surface area contributed by atoms with Crippen LogP contribution in [-0.2, 0) is 10.2 Å². The van der Waals surface area contributed by atoms with Gasteiger partial charge in [0.05, 0.1) is 0 Å². The van der Waals surface area contributed by atoms with Gasteiger partial charge in [-0.05, 0) is 39.1 Å². The van der Waals surface area contributed by atoms with Crippen molar-refractivity contribution in [2.45, 2.75) is 26.2 Å². The highest BCUT2D eigenvalue weighted by atomic mass is 127. The van der Waals surface area contributed by atoms with Crippen LogP contribution in [0.3, 0.4) is 0 Å². The zero-order valence-corrected chi connectivity index (χ0v) is 11.8. The lowest BCUT2D eigenvalue weighted by Crippen LogP contribution is -2.10. The van der Waals surface area contributed by atoms with Gasteiger partial charge in [-0.15, -0.1) is 0 Å². The largest absolute Gasteiger partial charge is 0.478 e. The summed E-state index contributed by atoms with van der Waals surface area (Å²) >= 11 is 2.04. The molecular weight excluding hydrogens is 315 g/mol. The predicted molar refractivity (Wildman–Crippen MR) is 74.8 cm³/mol. The molecule has 0 unspecified atom stereocenters. The molecule has 0 aromatic heterocycles. The van der Waals surface area contributed by atoms with Gasteiger partial charge in [-0.3, -0.25) is 0 Å². The van der Waals surface area contributed by atoms with Crippen molar-refractivity contribution in [1.29, 1.82) is 0 Å². The molecule has 0 aliphatic carbocycles. The third-order valence-corrected chi connectivity index (χ3v) is 3.21. The normalized spacial score (nSPS) is 12.6. The van der Waals surface area contributed by atoms with Gasteiger partial charge < -0.3 is 5.11 Å². The third-order valence-electron chi connectivity index (χ3n) is 2.28. The number of benzene rings is 1. The van der Waals surface area contributed by atoms with Crippen LogP contribution in [0.25, 0.3) is 3.58 Å². The molecule has 1 aromatic carbocycles. The van der Waals surface area contributed by atoms with Crippen LogP contribution in [-0.4, -0.2) is 11.1 Å². The van der Waals surface area contributed by atoms with Gasteiger partial charge in [-0.2, -0.15) is 0 Å². The zero-order valence-electron chi connectivity index (χ0n) is 9.62. The van der Waals surface area contributed by atoms with E-state index in [1.807, 2.05) is 46.9 Å². The Morgan fingerprint density at radius 1 is 1.25 bits per heavy atom. The molecule has 16 heavy (non-hydrogen) atoms. The van der Waals surface area contributed by atoms with Crippen LogP contribution in [0, 0.1) is 0 Å². The molecule has 1 rings (SSSR count). The molecule has 0 aliphatic heterocycles. The van der Waals surface area contributed by atoms with Crippen LogP contribution >= 0.6 is 22.6 Å². The van der Waals surface area contributed by atoms with Crippen LogP contribution < -0.4 is 0 Å². The number of halogens is 1. The van der Waals surface area contributed by atoms with Crippen LogP contribution in [0.2, 0.25) is 0 Å². The lowest BCUT2D eigenvalue weighted by molar-refractivity contribution is -0.131. The topological polar surface area (TPSA) is 37.3 Å². The van der Waals surface area contributed by atoms with Gasteiger partial charge in [0.15, 0.2) is 0 Å². The van der Waals surface area contributed by atoms with E-state index in [4.69, 9.17) is 5.11 Å². The average Bonchev–Trinajstić information content (AvgIpc) is 2.15. The molecule has 0 radical (unpaired) electrons. The SMILES string of the molecule is CC(C)(C)c1ccc(C(I)=CC(=O)O)cc1. The van der Waals surface area contributed by atoms with Gasteiger partial charge in [-0.1, -0.05) is 45.0 Å². The van der Waals surface area contributed by atoms with Crippen molar-refractivity contribution < 1.29 is 9.90 Å². The summed E-state index contributed by atoms with van der Waals surface area (Å²) in [5.41, 5.74) is 2.31. The first-order chi connectivity index (χ1) is 7.30. The van der Waals surface area contributed by atoms with E-state index in [1.54, 1.807) is 0 Å². The van der Waals surface area contributed by atoms with Crippen LogP contribution in [0.5, 0.6) is 0 Å². The monoisotopic (exact) mass is 330 g/mol. The molecule has 0 saturated heterocycles. The van der Waals surface area contributed by atoms with E-state index in [1.165, 1.54) is 11.6 Å². The smallest absolute Gasteiger partial charge is 0.329 e. The Labute approximate surface area is 110 Å². The predicted octanol–water partition coefficient (Wildman–Crippen LogP) is 3.84. The van der Waals surface area contributed by atoms with E-state index >= 15 is 0 Å². The summed E-state index contributed by atoms with van der Waals surface area (Å²) in [5.74, 6) is -0.913. The molecule has 1 aromatic rings. The molecule has 0 spiro atoms. The number of rotatable bonds is 2. The number of aliphatic carboxylic acids is 1. The fraction of sp³-hybridized carbons (Fsp3) is 0.308. The minimum absolute atomic E-state index is 0.125. The lowest BCUT2D eigenvalue weighted by Gasteiger charge is -2.19. The molecular formula is C13H15IO2. The molecule has 2 nitrogen and oxygen atoms in total. The summed E-state index contributed by atoms with van der Waals surface area (Å²) in [6.07, 6.45) is 1.21. The molecule has 0 aliphatic rings. The first-order valence-corrected chi connectivity index (χ1v) is 6.09. The summed E-state index contributed by atoms with van der Waals surface area (Å²) < 4.78 is 0.741. The van der Waals surface area contributed by atoms with E-state index in [0.29, 0.717) is 0 Å². The van der Waals surface area contributed by atoms with Crippen LogP contribution in [0.15, 0.2) is 30.3 Å². The minimum atomic E-state index is -0.913. The second-order valence-corrected chi connectivity index (χ2v) is 5.82. The fourth-order valence-electron chi connectivity index (χ4n) is 1.32. The van der Waals surface area contributed by atoms with E-state index in [-0.39, 0.29) is 5.41 Å². The maximum atomic E-state index is 10.5. The number of hydrogen-bond donors (Lipinski definition) is 1.